The fourth-order valence-electron chi connectivity index (χ4n) is 2.89. The van der Waals surface area contributed by atoms with Crippen LogP contribution in [0, 0.1) is 5.92 Å². The Bertz CT molecular complexity index is 441. The molecule has 0 bridgehead atoms. The Morgan fingerprint density at radius 2 is 1.95 bits per heavy atom. The first kappa shape index (κ1) is 15.0. The molecule has 1 aliphatic rings. The van der Waals surface area contributed by atoms with Gasteiger partial charge < -0.3 is 15.3 Å². The van der Waals surface area contributed by atoms with Gasteiger partial charge in [0.2, 0.25) is 0 Å². The van der Waals surface area contributed by atoms with Crippen LogP contribution in [0.2, 0.25) is 0 Å². The molecule has 20 heavy (non-hydrogen) atoms. The van der Waals surface area contributed by atoms with Crippen LogP contribution in [0.4, 0.5) is 0 Å². The average molecular weight is 276 g/mol. The summed E-state index contributed by atoms with van der Waals surface area (Å²) in [5, 5.41) is 12.8. The highest BCUT2D eigenvalue weighted by Gasteiger charge is 2.40. The molecule has 1 atom stereocenters. The van der Waals surface area contributed by atoms with Crippen LogP contribution in [-0.4, -0.2) is 42.7 Å². The van der Waals surface area contributed by atoms with Gasteiger partial charge in [0.1, 0.15) is 0 Å². The third kappa shape index (κ3) is 3.02. The zero-order chi connectivity index (χ0) is 14.6. The normalized spacial score (nSPS) is 20.5. The van der Waals surface area contributed by atoms with Gasteiger partial charge in [-0.15, -0.1) is 0 Å². The summed E-state index contributed by atoms with van der Waals surface area (Å²) in [4.78, 5) is 14.2. The van der Waals surface area contributed by atoms with Gasteiger partial charge in [-0.3, -0.25) is 0 Å². The molecule has 1 heterocycles. The van der Waals surface area contributed by atoms with Crippen molar-refractivity contribution in [1.29, 1.82) is 0 Å². The van der Waals surface area contributed by atoms with Crippen LogP contribution in [0.25, 0.3) is 0 Å². The minimum atomic E-state index is -1.03. The Hall–Kier alpha value is -1.39. The third-order valence-electron chi connectivity index (χ3n) is 4.40. The molecule has 0 amide bonds. The van der Waals surface area contributed by atoms with Gasteiger partial charge in [0, 0.05) is 6.54 Å². The average Bonchev–Trinajstić information content (AvgIpc) is 2.47. The number of rotatable bonds is 5. The molecular weight excluding hydrogens is 252 g/mol. The van der Waals surface area contributed by atoms with Gasteiger partial charge in [-0.2, -0.15) is 0 Å². The number of carbonyl (C=O) groups is 1. The predicted molar refractivity (Wildman–Crippen MR) is 79.7 cm³/mol. The number of aliphatic carboxylic acids is 1. The molecule has 2 N–H and O–H groups in total. The van der Waals surface area contributed by atoms with Crippen LogP contribution in [0.1, 0.15) is 25.3 Å². The summed E-state index contributed by atoms with van der Waals surface area (Å²) in [6.45, 7) is 4.72. The van der Waals surface area contributed by atoms with E-state index in [9.17, 15) is 9.90 Å². The lowest BCUT2D eigenvalue weighted by Gasteiger charge is -2.38. The lowest BCUT2D eigenvalue weighted by molar-refractivity contribution is -0.146. The van der Waals surface area contributed by atoms with Crippen molar-refractivity contribution in [1.82, 2.24) is 10.2 Å². The number of hydrogen-bond acceptors (Lipinski definition) is 3. The molecule has 110 valence electrons. The van der Waals surface area contributed by atoms with Gasteiger partial charge in [0.15, 0.2) is 5.54 Å². The SMILES string of the molecule is CNC(CN1CCC(C)CC1)(C(=O)O)c1ccccc1. The summed E-state index contributed by atoms with van der Waals surface area (Å²) in [7, 11) is 1.73. The Morgan fingerprint density at radius 1 is 1.35 bits per heavy atom. The van der Waals surface area contributed by atoms with Crippen molar-refractivity contribution in [3.8, 4) is 0 Å². The van der Waals surface area contributed by atoms with E-state index < -0.39 is 11.5 Å². The second-order valence-corrected chi connectivity index (χ2v) is 5.79. The molecule has 0 spiro atoms. The van der Waals surface area contributed by atoms with E-state index >= 15 is 0 Å². The number of piperidine rings is 1. The van der Waals surface area contributed by atoms with Gasteiger partial charge in [-0.1, -0.05) is 37.3 Å². The van der Waals surface area contributed by atoms with E-state index in [1.54, 1.807) is 7.05 Å². The first-order chi connectivity index (χ1) is 9.58. The zero-order valence-corrected chi connectivity index (χ0v) is 12.3. The maximum Gasteiger partial charge on any atom is 0.329 e. The minimum Gasteiger partial charge on any atom is -0.480 e. The maximum atomic E-state index is 11.9. The van der Waals surface area contributed by atoms with Crippen molar-refractivity contribution in [2.75, 3.05) is 26.7 Å². The van der Waals surface area contributed by atoms with Crippen LogP contribution in [-0.2, 0) is 10.3 Å². The number of carboxylic acids is 1. The minimum absolute atomic E-state index is 0.509. The first-order valence-corrected chi connectivity index (χ1v) is 7.28. The molecule has 1 unspecified atom stereocenters. The lowest BCUT2D eigenvalue weighted by atomic mass is 9.88. The first-order valence-electron chi connectivity index (χ1n) is 7.28. The summed E-state index contributed by atoms with van der Waals surface area (Å²) < 4.78 is 0. The summed E-state index contributed by atoms with van der Waals surface area (Å²) in [5.41, 5.74) is -0.212. The fraction of sp³-hybridized carbons (Fsp3) is 0.562. The van der Waals surface area contributed by atoms with Crippen LogP contribution >= 0.6 is 0 Å². The Labute approximate surface area is 120 Å². The molecule has 0 saturated carbocycles. The molecular formula is C16H24N2O2. The van der Waals surface area contributed by atoms with Crippen LogP contribution < -0.4 is 5.32 Å². The summed E-state index contributed by atoms with van der Waals surface area (Å²) in [6.07, 6.45) is 2.29. The number of benzene rings is 1. The van der Waals surface area contributed by atoms with E-state index in [4.69, 9.17) is 0 Å². The highest BCUT2D eigenvalue weighted by atomic mass is 16.4. The topological polar surface area (TPSA) is 52.6 Å². The Morgan fingerprint density at radius 3 is 2.45 bits per heavy atom. The van der Waals surface area contributed by atoms with Gasteiger partial charge in [-0.25, -0.2) is 4.79 Å². The second-order valence-electron chi connectivity index (χ2n) is 5.79. The van der Waals surface area contributed by atoms with Gasteiger partial charge >= 0.3 is 5.97 Å². The second kappa shape index (κ2) is 6.37. The predicted octanol–water partition coefficient (Wildman–Crippen LogP) is 1.92. The number of likely N-dealkylation sites (tertiary alicyclic amines) is 1. The Kier molecular flexibility index (Phi) is 4.78. The number of likely N-dealkylation sites (N-methyl/N-ethyl adjacent to an activating group) is 1. The molecule has 1 saturated heterocycles. The van der Waals surface area contributed by atoms with Gasteiger partial charge in [0.05, 0.1) is 0 Å². The number of carboxylic acid groups (broad SMARTS) is 1. The highest BCUT2D eigenvalue weighted by molar-refractivity contribution is 5.81. The molecule has 1 fully saturated rings. The van der Waals surface area contributed by atoms with Crippen molar-refractivity contribution in [2.45, 2.75) is 25.3 Å². The molecule has 0 aromatic heterocycles. The van der Waals surface area contributed by atoms with E-state index in [2.05, 4.69) is 17.1 Å². The van der Waals surface area contributed by atoms with Crippen LogP contribution in [0.5, 0.6) is 0 Å². The van der Waals surface area contributed by atoms with Crippen molar-refractivity contribution in [2.24, 2.45) is 5.92 Å². The molecule has 2 rings (SSSR count). The van der Waals surface area contributed by atoms with E-state index in [-0.39, 0.29) is 0 Å². The smallest absolute Gasteiger partial charge is 0.329 e. The van der Waals surface area contributed by atoms with Crippen LogP contribution in [0.3, 0.4) is 0 Å². The van der Waals surface area contributed by atoms with Crippen molar-refractivity contribution >= 4 is 5.97 Å². The Balaban J connectivity index is 2.22. The van der Waals surface area contributed by atoms with E-state index in [1.807, 2.05) is 30.3 Å². The van der Waals surface area contributed by atoms with E-state index in [0.29, 0.717) is 6.54 Å². The lowest BCUT2D eigenvalue weighted by Crippen LogP contribution is -2.56. The van der Waals surface area contributed by atoms with Crippen LogP contribution in [0.15, 0.2) is 30.3 Å². The third-order valence-corrected chi connectivity index (χ3v) is 4.40. The highest BCUT2D eigenvalue weighted by Crippen LogP contribution is 2.25. The van der Waals surface area contributed by atoms with E-state index in [0.717, 1.165) is 37.4 Å². The van der Waals surface area contributed by atoms with Crippen molar-refractivity contribution < 1.29 is 9.90 Å². The number of hydrogen-bond donors (Lipinski definition) is 2. The molecule has 1 aromatic rings. The van der Waals surface area contributed by atoms with E-state index in [1.165, 1.54) is 0 Å². The number of nitrogens with one attached hydrogen (secondary N) is 1. The van der Waals surface area contributed by atoms with Crippen molar-refractivity contribution in [3.05, 3.63) is 35.9 Å². The quantitative estimate of drug-likeness (QED) is 0.862. The van der Waals surface area contributed by atoms with Gasteiger partial charge in [-0.05, 0) is 44.5 Å². The molecule has 0 aliphatic carbocycles. The molecule has 1 aliphatic heterocycles. The maximum absolute atomic E-state index is 11.9. The molecule has 4 nitrogen and oxygen atoms in total. The summed E-state index contributed by atoms with van der Waals surface area (Å²) in [5.74, 6) is -0.0680. The van der Waals surface area contributed by atoms with Crippen molar-refractivity contribution in [3.63, 3.8) is 0 Å². The zero-order valence-electron chi connectivity index (χ0n) is 12.3. The fourth-order valence-corrected chi connectivity index (χ4v) is 2.89. The molecule has 4 heteroatoms. The molecule has 1 aromatic carbocycles. The summed E-state index contributed by atoms with van der Waals surface area (Å²) in [6, 6.07) is 9.47. The molecule has 0 radical (unpaired) electrons. The monoisotopic (exact) mass is 276 g/mol. The largest absolute Gasteiger partial charge is 0.480 e. The standard InChI is InChI=1S/C16H24N2O2/c1-13-8-10-18(11-9-13)12-16(17-2,15(19)20)14-6-4-3-5-7-14/h3-7,13,17H,8-12H2,1-2H3,(H,19,20). The van der Waals surface area contributed by atoms with Gasteiger partial charge in [0.25, 0.3) is 0 Å². The summed E-state index contributed by atoms with van der Waals surface area (Å²) >= 11 is 0. The number of nitrogens with zero attached hydrogens (tertiary/aromatic N) is 1.